The molecule has 7 nitrogen and oxygen atoms in total. The maximum absolute atomic E-state index is 12.9. The number of guanidine groups is 1. The number of aliphatic hydroxyl groups is 1. The number of nitrogens with zero attached hydrogens (tertiary/aromatic N) is 4. The van der Waals surface area contributed by atoms with Crippen molar-refractivity contribution < 1.29 is 14.6 Å². The monoisotopic (exact) mass is 520 g/mol. The molecular formula is C31H44N4O3. The van der Waals surface area contributed by atoms with Gasteiger partial charge >= 0.3 is 0 Å². The van der Waals surface area contributed by atoms with Gasteiger partial charge in [0.15, 0.2) is 0 Å². The molecule has 38 heavy (non-hydrogen) atoms. The van der Waals surface area contributed by atoms with E-state index in [4.69, 9.17) is 4.74 Å². The van der Waals surface area contributed by atoms with Gasteiger partial charge in [-0.05, 0) is 86.1 Å². The number of likely N-dealkylation sites (tertiary alicyclic amines) is 2. The van der Waals surface area contributed by atoms with Crippen LogP contribution in [0.3, 0.4) is 0 Å². The van der Waals surface area contributed by atoms with Crippen molar-refractivity contribution in [3.05, 3.63) is 48.1 Å². The molecule has 1 aromatic rings. The smallest absolute Gasteiger partial charge is 0.226 e. The Balaban J connectivity index is 1.22. The first-order chi connectivity index (χ1) is 18.5. The molecule has 1 aliphatic carbocycles. The minimum atomic E-state index is 0.0150. The van der Waals surface area contributed by atoms with Crippen LogP contribution >= 0.6 is 0 Å². The van der Waals surface area contributed by atoms with Crippen molar-refractivity contribution in [2.75, 3.05) is 39.9 Å². The maximum Gasteiger partial charge on any atom is 0.226 e. The van der Waals surface area contributed by atoms with Crippen molar-refractivity contribution in [1.82, 2.24) is 9.80 Å². The number of carbonyl (C=O) groups is 1. The quantitative estimate of drug-likeness (QED) is 0.388. The highest BCUT2D eigenvalue weighted by Gasteiger charge is 2.33. The molecule has 2 heterocycles. The van der Waals surface area contributed by atoms with Crippen LogP contribution in [0.15, 0.2) is 52.5 Å². The van der Waals surface area contributed by atoms with E-state index in [2.05, 4.69) is 58.7 Å². The number of carbonyl (C=O) groups excluding carboxylic acids is 1. The second-order valence-corrected chi connectivity index (χ2v) is 10.8. The number of hydrogen-bond donors (Lipinski definition) is 1. The number of amides is 1. The van der Waals surface area contributed by atoms with E-state index in [9.17, 15) is 9.90 Å². The standard InChI is InChI=1S/C31H44N4O3/c1-4-23(2)20-33-31(32-3)34-18-15-24(16-19-34)22-38-29-13-11-26(12-14-29)25-7-9-27(10-8-25)30(37)35-17-5-6-28(35)21-36/h7,11-14,20,24,27-28,36H,2,4-6,8-10,15-19,21-22H2,1,3H3/b32-31+,33-20-/t27?,28-/m1/s1. The summed E-state index contributed by atoms with van der Waals surface area (Å²) < 4.78 is 6.15. The molecule has 2 aliphatic heterocycles. The molecule has 1 unspecified atom stereocenters. The number of rotatable bonds is 8. The van der Waals surface area contributed by atoms with E-state index in [0.29, 0.717) is 5.92 Å². The van der Waals surface area contributed by atoms with Gasteiger partial charge in [0.25, 0.3) is 0 Å². The number of allylic oxidation sites excluding steroid dienone is 3. The Morgan fingerprint density at radius 1 is 1.16 bits per heavy atom. The number of aliphatic imine (C=N–C) groups is 2. The first kappa shape index (κ1) is 28.1. The van der Waals surface area contributed by atoms with Crippen LogP contribution < -0.4 is 4.74 Å². The van der Waals surface area contributed by atoms with Crippen molar-refractivity contribution in [3.63, 3.8) is 0 Å². The SMILES string of the molecule is C=C(/C=N\C(=N/C)N1CCC(COc2ccc(C3=CCC(C(=O)N4CCC[C@@H]4CO)CC3)cc2)CC1)CC. The van der Waals surface area contributed by atoms with Crippen molar-refractivity contribution in [1.29, 1.82) is 0 Å². The van der Waals surface area contributed by atoms with Gasteiger partial charge in [-0.15, -0.1) is 0 Å². The Hall–Kier alpha value is -2.93. The molecule has 7 heteroatoms. The first-order valence-electron chi connectivity index (χ1n) is 14.3. The summed E-state index contributed by atoms with van der Waals surface area (Å²) in [5.74, 6) is 2.48. The Bertz CT molecular complexity index is 1040. The predicted molar refractivity (Wildman–Crippen MR) is 155 cm³/mol. The Kier molecular flexibility index (Phi) is 10.2. The first-order valence-corrected chi connectivity index (χ1v) is 14.3. The largest absolute Gasteiger partial charge is 0.493 e. The zero-order valence-electron chi connectivity index (χ0n) is 23.1. The third-order valence-electron chi connectivity index (χ3n) is 8.26. The van der Waals surface area contributed by atoms with Crippen molar-refractivity contribution in [2.24, 2.45) is 21.8 Å². The summed E-state index contributed by atoms with van der Waals surface area (Å²) in [5.41, 5.74) is 3.53. The highest BCUT2D eigenvalue weighted by Crippen LogP contribution is 2.33. The highest BCUT2D eigenvalue weighted by molar-refractivity contribution is 5.92. The molecule has 0 radical (unpaired) electrons. The predicted octanol–water partition coefficient (Wildman–Crippen LogP) is 4.97. The second kappa shape index (κ2) is 13.7. The van der Waals surface area contributed by atoms with Crippen LogP contribution in [0.2, 0.25) is 0 Å². The van der Waals surface area contributed by atoms with E-state index >= 15 is 0 Å². The van der Waals surface area contributed by atoms with Gasteiger partial charge in [0.2, 0.25) is 11.9 Å². The second-order valence-electron chi connectivity index (χ2n) is 10.8. The Morgan fingerprint density at radius 3 is 2.55 bits per heavy atom. The van der Waals surface area contributed by atoms with Gasteiger partial charge in [-0.2, -0.15) is 0 Å². The summed E-state index contributed by atoms with van der Waals surface area (Å²) in [4.78, 5) is 26.0. The zero-order valence-corrected chi connectivity index (χ0v) is 23.1. The molecule has 2 atom stereocenters. The van der Waals surface area contributed by atoms with Crippen molar-refractivity contribution >= 4 is 23.7 Å². The van der Waals surface area contributed by atoms with Crippen LogP contribution in [-0.4, -0.2) is 78.9 Å². The summed E-state index contributed by atoms with van der Waals surface area (Å²) >= 11 is 0. The summed E-state index contributed by atoms with van der Waals surface area (Å²) in [5, 5.41) is 9.56. The molecular weight excluding hydrogens is 476 g/mol. The Morgan fingerprint density at radius 2 is 1.92 bits per heavy atom. The van der Waals surface area contributed by atoms with Gasteiger partial charge in [0.05, 0.1) is 19.3 Å². The lowest BCUT2D eigenvalue weighted by atomic mass is 9.85. The fourth-order valence-corrected chi connectivity index (χ4v) is 5.67. The lowest BCUT2D eigenvalue weighted by molar-refractivity contribution is -0.137. The Labute approximate surface area is 228 Å². The van der Waals surface area contributed by atoms with Gasteiger partial charge in [-0.25, -0.2) is 4.99 Å². The van der Waals surface area contributed by atoms with Gasteiger partial charge < -0.3 is 19.6 Å². The van der Waals surface area contributed by atoms with Crippen molar-refractivity contribution in [2.45, 2.75) is 64.3 Å². The van der Waals surface area contributed by atoms with Crippen LogP contribution in [0.4, 0.5) is 0 Å². The molecule has 1 amide bonds. The van der Waals surface area contributed by atoms with E-state index in [-0.39, 0.29) is 24.5 Å². The molecule has 4 rings (SSSR count). The lowest BCUT2D eigenvalue weighted by Gasteiger charge is -2.32. The van der Waals surface area contributed by atoms with E-state index in [0.717, 1.165) is 94.9 Å². The van der Waals surface area contributed by atoms with Crippen LogP contribution in [0.25, 0.3) is 5.57 Å². The number of piperidine rings is 1. The fourth-order valence-electron chi connectivity index (χ4n) is 5.67. The molecule has 1 aromatic carbocycles. The molecule has 0 bridgehead atoms. The van der Waals surface area contributed by atoms with Crippen LogP contribution in [0.5, 0.6) is 5.75 Å². The molecule has 3 aliphatic rings. The summed E-state index contributed by atoms with van der Waals surface area (Å²) in [6.45, 7) is 9.52. The van der Waals surface area contributed by atoms with E-state index < -0.39 is 0 Å². The summed E-state index contributed by atoms with van der Waals surface area (Å²) in [6.07, 6.45) is 11.6. The van der Waals surface area contributed by atoms with E-state index in [1.54, 1.807) is 7.05 Å². The fraction of sp³-hybridized carbons (Fsp3) is 0.581. The summed E-state index contributed by atoms with van der Waals surface area (Å²) in [6, 6.07) is 8.42. The molecule has 0 saturated carbocycles. The van der Waals surface area contributed by atoms with Crippen LogP contribution in [0.1, 0.15) is 63.9 Å². The van der Waals surface area contributed by atoms with Gasteiger partial charge in [-0.1, -0.05) is 31.7 Å². The number of aliphatic hydroxyl groups excluding tert-OH is 1. The van der Waals surface area contributed by atoms with Crippen LogP contribution in [0, 0.1) is 11.8 Å². The zero-order chi connectivity index (χ0) is 26.9. The average Bonchev–Trinajstić information content (AvgIpc) is 3.46. The molecule has 2 fully saturated rings. The summed E-state index contributed by atoms with van der Waals surface area (Å²) in [7, 11) is 1.79. The highest BCUT2D eigenvalue weighted by atomic mass is 16.5. The maximum atomic E-state index is 12.9. The lowest BCUT2D eigenvalue weighted by Crippen LogP contribution is -2.41. The molecule has 0 spiro atoms. The third kappa shape index (κ3) is 7.13. The topological polar surface area (TPSA) is 77.7 Å². The minimum Gasteiger partial charge on any atom is -0.493 e. The van der Waals surface area contributed by atoms with Crippen molar-refractivity contribution in [3.8, 4) is 5.75 Å². The minimum absolute atomic E-state index is 0.0150. The molecule has 0 aromatic heterocycles. The average molecular weight is 521 g/mol. The van der Waals surface area contributed by atoms with Gasteiger partial charge in [0.1, 0.15) is 5.75 Å². The molecule has 1 N–H and O–H groups in total. The normalized spacial score (nSPS) is 23.1. The van der Waals surface area contributed by atoms with E-state index in [1.807, 2.05) is 11.1 Å². The van der Waals surface area contributed by atoms with Gasteiger partial charge in [0, 0.05) is 38.8 Å². The number of hydrogen-bond acceptors (Lipinski definition) is 4. The van der Waals surface area contributed by atoms with Crippen LogP contribution in [-0.2, 0) is 4.79 Å². The number of ether oxygens (including phenoxy) is 1. The third-order valence-corrected chi connectivity index (χ3v) is 8.26. The van der Waals surface area contributed by atoms with E-state index in [1.165, 1.54) is 11.1 Å². The molecule has 2 saturated heterocycles. The number of benzene rings is 1. The molecule has 206 valence electrons. The van der Waals surface area contributed by atoms with Gasteiger partial charge in [-0.3, -0.25) is 9.79 Å².